The van der Waals surface area contributed by atoms with Crippen molar-refractivity contribution < 1.29 is 13.9 Å². The lowest BCUT2D eigenvalue weighted by molar-refractivity contribution is 0.194. The Labute approximate surface area is 126 Å². The molecule has 1 aromatic heterocycles. The van der Waals surface area contributed by atoms with Gasteiger partial charge in [0.15, 0.2) is 0 Å². The van der Waals surface area contributed by atoms with Crippen molar-refractivity contribution in [3.63, 3.8) is 0 Å². The minimum absolute atomic E-state index is 0.201. The van der Waals surface area contributed by atoms with Gasteiger partial charge in [-0.15, -0.1) is 0 Å². The maximum absolute atomic E-state index is 14.0. The predicted molar refractivity (Wildman–Crippen MR) is 76.0 cm³/mol. The first-order valence-corrected chi connectivity index (χ1v) is 6.84. The maximum atomic E-state index is 14.0. The van der Waals surface area contributed by atoms with E-state index in [2.05, 4.69) is 4.98 Å². The molecule has 3 rings (SSSR count). The minimum Gasteiger partial charge on any atom is -0.391 e. The second-order valence-corrected chi connectivity index (χ2v) is 5.23. The standard InChI is InChI=1S/C16H13F2N3O/c17-10-1-2-15(18)14(5-10)16-7-13(22)9-21(16)12-3-4-20-11(6-12)8-19/h1-6,13,16,22H,7,9H2/t13-,16-/m0/s1. The Hall–Kier alpha value is -2.52. The molecule has 22 heavy (non-hydrogen) atoms. The summed E-state index contributed by atoms with van der Waals surface area (Å²) in [5, 5.41) is 18.9. The smallest absolute Gasteiger partial charge is 0.142 e. The summed E-state index contributed by atoms with van der Waals surface area (Å²) in [6.45, 7) is 0.287. The zero-order chi connectivity index (χ0) is 15.7. The monoisotopic (exact) mass is 301 g/mol. The van der Waals surface area contributed by atoms with Gasteiger partial charge in [0.1, 0.15) is 23.4 Å². The normalized spacial score (nSPS) is 20.9. The van der Waals surface area contributed by atoms with Crippen LogP contribution in [0.2, 0.25) is 0 Å². The zero-order valence-electron chi connectivity index (χ0n) is 11.6. The molecule has 1 N–H and O–H groups in total. The highest BCUT2D eigenvalue weighted by Gasteiger charge is 2.34. The van der Waals surface area contributed by atoms with Crippen LogP contribution < -0.4 is 4.90 Å². The van der Waals surface area contributed by atoms with E-state index in [0.29, 0.717) is 12.1 Å². The fourth-order valence-electron chi connectivity index (χ4n) is 2.82. The Kier molecular flexibility index (Phi) is 3.73. The van der Waals surface area contributed by atoms with Crippen molar-refractivity contribution in [1.82, 2.24) is 4.98 Å². The fourth-order valence-corrected chi connectivity index (χ4v) is 2.82. The molecule has 0 spiro atoms. The first-order chi connectivity index (χ1) is 10.6. The number of aromatic nitrogens is 1. The molecule has 2 atom stereocenters. The highest BCUT2D eigenvalue weighted by Crippen LogP contribution is 2.37. The Balaban J connectivity index is 2.02. The molecule has 1 aromatic carbocycles. The third kappa shape index (κ3) is 2.63. The van der Waals surface area contributed by atoms with Gasteiger partial charge < -0.3 is 10.0 Å². The summed E-state index contributed by atoms with van der Waals surface area (Å²) in [6, 6.07) is 8.01. The molecule has 112 valence electrons. The summed E-state index contributed by atoms with van der Waals surface area (Å²) in [6.07, 6.45) is 1.13. The Morgan fingerprint density at radius 1 is 1.27 bits per heavy atom. The van der Waals surface area contributed by atoms with E-state index in [1.54, 1.807) is 17.0 Å². The van der Waals surface area contributed by atoms with E-state index >= 15 is 0 Å². The topological polar surface area (TPSA) is 60.2 Å². The summed E-state index contributed by atoms with van der Waals surface area (Å²) in [7, 11) is 0. The summed E-state index contributed by atoms with van der Waals surface area (Å²) >= 11 is 0. The number of halogens is 2. The number of aliphatic hydroxyl groups excluding tert-OH is 1. The van der Waals surface area contributed by atoms with Crippen molar-refractivity contribution in [1.29, 1.82) is 5.26 Å². The van der Waals surface area contributed by atoms with Crippen LogP contribution in [0.1, 0.15) is 23.7 Å². The number of benzene rings is 1. The lowest BCUT2D eigenvalue weighted by Gasteiger charge is -2.27. The molecule has 4 nitrogen and oxygen atoms in total. The molecule has 1 aliphatic rings. The Morgan fingerprint density at radius 3 is 2.86 bits per heavy atom. The molecular weight excluding hydrogens is 288 g/mol. The summed E-state index contributed by atoms with van der Waals surface area (Å²) in [5.41, 5.74) is 1.08. The van der Waals surface area contributed by atoms with Crippen LogP contribution in [0.15, 0.2) is 36.5 Å². The van der Waals surface area contributed by atoms with Crippen molar-refractivity contribution in [2.45, 2.75) is 18.6 Å². The minimum atomic E-state index is -0.647. The number of rotatable bonds is 2. The van der Waals surface area contributed by atoms with E-state index in [-0.39, 0.29) is 17.8 Å². The second kappa shape index (κ2) is 5.70. The van der Waals surface area contributed by atoms with Crippen LogP contribution >= 0.6 is 0 Å². The average molecular weight is 301 g/mol. The number of pyridine rings is 1. The van der Waals surface area contributed by atoms with Gasteiger partial charge >= 0.3 is 0 Å². The van der Waals surface area contributed by atoms with E-state index in [1.165, 1.54) is 6.20 Å². The molecule has 0 saturated carbocycles. The molecule has 0 radical (unpaired) electrons. The van der Waals surface area contributed by atoms with Crippen LogP contribution in [0.25, 0.3) is 0 Å². The highest BCUT2D eigenvalue weighted by molar-refractivity contribution is 5.52. The van der Waals surface area contributed by atoms with Crippen molar-refractivity contribution in [3.05, 3.63) is 59.4 Å². The quantitative estimate of drug-likeness (QED) is 0.926. The van der Waals surface area contributed by atoms with Gasteiger partial charge in [0.05, 0.1) is 12.1 Å². The van der Waals surface area contributed by atoms with Gasteiger partial charge in [0.25, 0.3) is 0 Å². The lowest BCUT2D eigenvalue weighted by Crippen LogP contribution is -2.25. The first kappa shape index (κ1) is 14.4. The van der Waals surface area contributed by atoms with Crippen molar-refractivity contribution >= 4 is 5.69 Å². The van der Waals surface area contributed by atoms with Crippen molar-refractivity contribution in [2.75, 3.05) is 11.4 Å². The van der Waals surface area contributed by atoms with E-state index in [4.69, 9.17) is 5.26 Å². The van der Waals surface area contributed by atoms with Gasteiger partial charge in [-0.25, -0.2) is 13.8 Å². The van der Waals surface area contributed by atoms with Crippen LogP contribution in [-0.4, -0.2) is 22.7 Å². The average Bonchev–Trinajstić information content (AvgIpc) is 2.91. The Morgan fingerprint density at radius 2 is 2.09 bits per heavy atom. The molecule has 2 aromatic rings. The molecule has 0 unspecified atom stereocenters. The van der Waals surface area contributed by atoms with Gasteiger partial charge in [-0.3, -0.25) is 0 Å². The van der Waals surface area contributed by atoms with Crippen LogP contribution in [-0.2, 0) is 0 Å². The maximum Gasteiger partial charge on any atom is 0.142 e. The largest absolute Gasteiger partial charge is 0.391 e. The molecule has 1 saturated heterocycles. The first-order valence-electron chi connectivity index (χ1n) is 6.84. The van der Waals surface area contributed by atoms with Gasteiger partial charge in [-0.1, -0.05) is 0 Å². The number of β-amino-alcohol motifs (C(OH)–C–C–N with tert-alkyl or cyclic N) is 1. The van der Waals surface area contributed by atoms with Crippen LogP contribution in [0.3, 0.4) is 0 Å². The number of aliphatic hydroxyl groups is 1. The summed E-state index contributed by atoms with van der Waals surface area (Å²) < 4.78 is 27.5. The van der Waals surface area contributed by atoms with E-state index < -0.39 is 23.8 Å². The summed E-state index contributed by atoms with van der Waals surface area (Å²) in [4.78, 5) is 5.66. The fraction of sp³-hybridized carbons (Fsp3) is 0.250. The van der Waals surface area contributed by atoms with Crippen LogP contribution in [0.5, 0.6) is 0 Å². The third-order valence-electron chi connectivity index (χ3n) is 3.79. The van der Waals surface area contributed by atoms with E-state index in [9.17, 15) is 13.9 Å². The SMILES string of the molecule is N#Cc1cc(N2C[C@@H](O)C[C@H]2c2cc(F)ccc2F)ccn1. The molecule has 0 aliphatic carbocycles. The number of nitrogens with zero attached hydrogens (tertiary/aromatic N) is 3. The molecule has 1 aliphatic heterocycles. The van der Waals surface area contributed by atoms with Crippen LogP contribution in [0, 0.1) is 23.0 Å². The van der Waals surface area contributed by atoms with Gasteiger partial charge in [0.2, 0.25) is 0 Å². The zero-order valence-corrected chi connectivity index (χ0v) is 11.6. The predicted octanol–water partition coefficient (Wildman–Crippen LogP) is 2.54. The number of hydrogen-bond donors (Lipinski definition) is 1. The number of hydrogen-bond acceptors (Lipinski definition) is 4. The lowest BCUT2D eigenvalue weighted by atomic mass is 10.0. The number of anilines is 1. The Bertz CT molecular complexity index is 744. The summed E-state index contributed by atoms with van der Waals surface area (Å²) in [5.74, 6) is -1.04. The second-order valence-electron chi connectivity index (χ2n) is 5.23. The van der Waals surface area contributed by atoms with Crippen molar-refractivity contribution in [2.24, 2.45) is 0 Å². The van der Waals surface area contributed by atoms with E-state index in [0.717, 1.165) is 18.2 Å². The van der Waals surface area contributed by atoms with Gasteiger partial charge in [-0.05, 0) is 36.8 Å². The molecule has 2 heterocycles. The molecular formula is C16H13F2N3O. The van der Waals surface area contributed by atoms with Crippen molar-refractivity contribution in [3.8, 4) is 6.07 Å². The van der Waals surface area contributed by atoms with E-state index in [1.807, 2.05) is 6.07 Å². The van der Waals surface area contributed by atoms with Gasteiger partial charge in [0, 0.05) is 24.0 Å². The molecule has 0 amide bonds. The molecule has 6 heteroatoms. The van der Waals surface area contributed by atoms with Gasteiger partial charge in [-0.2, -0.15) is 5.26 Å². The number of nitriles is 1. The third-order valence-corrected chi connectivity index (χ3v) is 3.79. The van der Waals surface area contributed by atoms with Crippen LogP contribution in [0.4, 0.5) is 14.5 Å². The highest BCUT2D eigenvalue weighted by atomic mass is 19.1. The molecule has 0 bridgehead atoms. The molecule has 1 fully saturated rings.